The summed E-state index contributed by atoms with van der Waals surface area (Å²) in [5.41, 5.74) is 5.01. The molecule has 29 heavy (non-hydrogen) atoms. The van der Waals surface area contributed by atoms with E-state index in [1.54, 1.807) is 0 Å². The van der Waals surface area contributed by atoms with E-state index < -0.39 is 0 Å². The molecule has 154 valence electrons. The number of hydrogen-bond acceptors (Lipinski definition) is 6. The van der Waals surface area contributed by atoms with Gasteiger partial charge in [-0.3, -0.25) is 0 Å². The standard InChI is InChI=1S/C23H26O6/c1-13-2-3-18-19(4-13)23(29-12-17-10-27-17)21-15(8-25)5-14(7-24)6-20(21)22(18)28-11-16-9-26-16/h2,5-6,16-17,24-25H,3-4,7-12H2,1H3. The molecule has 3 aliphatic rings. The molecule has 2 fully saturated rings. The molecule has 0 saturated carbocycles. The average Bonchev–Trinajstić information content (AvgIpc) is 3.64. The molecule has 0 spiro atoms. The minimum absolute atomic E-state index is 0.101. The molecule has 2 atom stereocenters. The van der Waals surface area contributed by atoms with Gasteiger partial charge in [-0.15, -0.1) is 0 Å². The van der Waals surface area contributed by atoms with Crippen molar-refractivity contribution in [1.29, 1.82) is 0 Å². The topological polar surface area (TPSA) is 84.0 Å². The Labute approximate surface area is 169 Å². The lowest BCUT2D eigenvalue weighted by Gasteiger charge is -2.26. The second kappa shape index (κ2) is 7.61. The monoisotopic (exact) mass is 398 g/mol. The van der Waals surface area contributed by atoms with Gasteiger partial charge in [0, 0.05) is 21.9 Å². The van der Waals surface area contributed by atoms with Crippen molar-refractivity contribution >= 4 is 10.8 Å². The molecular weight excluding hydrogens is 372 g/mol. The predicted molar refractivity (Wildman–Crippen MR) is 107 cm³/mol. The summed E-state index contributed by atoms with van der Waals surface area (Å²) in [6, 6.07) is 3.79. The Kier molecular flexibility index (Phi) is 4.95. The van der Waals surface area contributed by atoms with Crippen LogP contribution in [0.25, 0.3) is 10.8 Å². The molecule has 6 nitrogen and oxygen atoms in total. The fraction of sp³-hybridized carbons (Fsp3) is 0.478. The van der Waals surface area contributed by atoms with Gasteiger partial charge in [0.1, 0.15) is 36.9 Å². The molecule has 6 heteroatoms. The average molecular weight is 398 g/mol. The molecule has 0 amide bonds. The smallest absolute Gasteiger partial charge is 0.131 e. The molecule has 0 bridgehead atoms. The number of ether oxygens (including phenoxy) is 4. The van der Waals surface area contributed by atoms with Crippen molar-refractivity contribution in [1.82, 2.24) is 0 Å². The summed E-state index contributed by atoms with van der Waals surface area (Å²) in [7, 11) is 0. The van der Waals surface area contributed by atoms with Gasteiger partial charge in [0.05, 0.1) is 26.4 Å². The Morgan fingerprint density at radius 3 is 2.28 bits per heavy atom. The Hall–Kier alpha value is -2.12. The fourth-order valence-electron chi connectivity index (χ4n) is 4.05. The molecule has 2 saturated heterocycles. The minimum Gasteiger partial charge on any atom is -0.490 e. The third kappa shape index (κ3) is 3.73. The van der Waals surface area contributed by atoms with Crippen LogP contribution in [0, 0.1) is 0 Å². The van der Waals surface area contributed by atoms with E-state index in [1.165, 1.54) is 5.57 Å². The van der Waals surface area contributed by atoms with E-state index in [-0.39, 0.29) is 25.4 Å². The molecule has 0 radical (unpaired) electrons. The summed E-state index contributed by atoms with van der Waals surface area (Å²) in [6.07, 6.45) is 4.06. The highest BCUT2D eigenvalue weighted by molar-refractivity contribution is 5.99. The molecule has 2 aromatic carbocycles. The van der Waals surface area contributed by atoms with E-state index in [9.17, 15) is 10.2 Å². The van der Waals surface area contributed by atoms with Gasteiger partial charge in [-0.25, -0.2) is 0 Å². The first kappa shape index (κ1) is 18.9. The summed E-state index contributed by atoms with van der Waals surface area (Å²) in [6.45, 7) is 4.33. The zero-order valence-corrected chi connectivity index (χ0v) is 16.6. The van der Waals surface area contributed by atoms with Crippen LogP contribution in [0.4, 0.5) is 0 Å². The van der Waals surface area contributed by atoms with Crippen molar-refractivity contribution in [2.45, 2.75) is 45.2 Å². The normalized spacial score (nSPS) is 22.2. The maximum Gasteiger partial charge on any atom is 0.131 e. The van der Waals surface area contributed by atoms with E-state index >= 15 is 0 Å². The van der Waals surface area contributed by atoms with E-state index in [0.29, 0.717) is 13.2 Å². The highest BCUT2D eigenvalue weighted by Crippen LogP contribution is 2.46. The Balaban J connectivity index is 1.73. The van der Waals surface area contributed by atoms with Gasteiger partial charge in [-0.2, -0.15) is 0 Å². The van der Waals surface area contributed by atoms with Crippen LogP contribution in [0.1, 0.15) is 29.2 Å². The number of rotatable bonds is 8. The number of aliphatic hydroxyl groups excluding tert-OH is 2. The molecule has 5 rings (SSSR count). The number of benzene rings is 2. The number of hydrogen-bond donors (Lipinski definition) is 2. The van der Waals surface area contributed by atoms with Crippen molar-refractivity contribution in [3.8, 4) is 11.5 Å². The molecule has 2 heterocycles. The first-order chi connectivity index (χ1) is 14.2. The second-order valence-electron chi connectivity index (χ2n) is 8.07. The van der Waals surface area contributed by atoms with E-state index in [1.807, 2.05) is 12.1 Å². The molecular formula is C23H26O6. The van der Waals surface area contributed by atoms with Gasteiger partial charge in [-0.1, -0.05) is 17.7 Å². The number of fused-ring (bicyclic) bond motifs is 2. The van der Waals surface area contributed by atoms with Crippen LogP contribution in [0.3, 0.4) is 0 Å². The molecule has 1 aliphatic carbocycles. The molecule has 0 aromatic heterocycles. The van der Waals surface area contributed by atoms with E-state index in [0.717, 1.165) is 70.6 Å². The SMILES string of the molecule is CC1=CCc2c(c(OCC3CO3)c3c(CO)cc(CO)cc3c2OCC2CO2)C1. The minimum atomic E-state index is -0.139. The summed E-state index contributed by atoms with van der Waals surface area (Å²) in [5.74, 6) is 1.62. The van der Waals surface area contributed by atoms with Crippen molar-refractivity contribution in [3.05, 3.63) is 46.0 Å². The van der Waals surface area contributed by atoms with Crippen LogP contribution >= 0.6 is 0 Å². The maximum atomic E-state index is 10.1. The van der Waals surface area contributed by atoms with Gasteiger partial charge in [0.25, 0.3) is 0 Å². The van der Waals surface area contributed by atoms with Crippen molar-refractivity contribution in [2.24, 2.45) is 0 Å². The quantitative estimate of drug-likeness (QED) is 0.525. The fourth-order valence-corrected chi connectivity index (χ4v) is 4.05. The van der Waals surface area contributed by atoms with Gasteiger partial charge in [0.2, 0.25) is 0 Å². The zero-order valence-electron chi connectivity index (χ0n) is 16.6. The van der Waals surface area contributed by atoms with Crippen molar-refractivity contribution in [2.75, 3.05) is 26.4 Å². The molecule has 2 aliphatic heterocycles. The number of allylic oxidation sites excluding steroid dienone is 2. The second-order valence-corrected chi connectivity index (χ2v) is 8.07. The first-order valence-electron chi connectivity index (χ1n) is 10.2. The lowest BCUT2D eigenvalue weighted by Crippen LogP contribution is -2.14. The van der Waals surface area contributed by atoms with Gasteiger partial charge < -0.3 is 29.2 Å². The lowest BCUT2D eigenvalue weighted by molar-refractivity contribution is 0.256. The Bertz CT molecular complexity index is 971. The van der Waals surface area contributed by atoms with Crippen LogP contribution < -0.4 is 9.47 Å². The maximum absolute atomic E-state index is 10.1. The van der Waals surface area contributed by atoms with Gasteiger partial charge in [-0.05, 0) is 37.0 Å². The lowest BCUT2D eigenvalue weighted by atomic mass is 9.86. The van der Waals surface area contributed by atoms with E-state index in [2.05, 4.69) is 13.0 Å². The Morgan fingerprint density at radius 1 is 0.966 bits per heavy atom. The van der Waals surface area contributed by atoms with Crippen LogP contribution in [-0.4, -0.2) is 48.8 Å². The number of epoxide rings is 2. The highest BCUT2D eigenvalue weighted by Gasteiger charge is 2.30. The molecule has 2 N–H and O–H groups in total. The summed E-state index contributed by atoms with van der Waals surface area (Å²) in [5, 5.41) is 21.6. The van der Waals surface area contributed by atoms with Crippen LogP contribution in [-0.2, 0) is 35.5 Å². The predicted octanol–water partition coefficient (Wildman–Crippen LogP) is 2.42. The van der Waals surface area contributed by atoms with Crippen LogP contribution in [0.2, 0.25) is 0 Å². The Morgan fingerprint density at radius 2 is 1.66 bits per heavy atom. The number of aliphatic hydroxyl groups is 2. The summed E-state index contributed by atoms with van der Waals surface area (Å²) >= 11 is 0. The van der Waals surface area contributed by atoms with Crippen molar-refractivity contribution in [3.63, 3.8) is 0 Å². The van der Waals surface area contributed by atoms with Crippen LogP contribution in [0.5, 0.6) is 11.5 Å². The van der Waals surface area contributed by atoms with Crippen LogP contribution in [0.15, 0.2) is 23.8 Å². The van der Waals surface area contributed by atoms with E-state index in [4.69, 9.17) is 18.9 Å². The highest BCUT2D eigenvalue weighted by atomic mass is 16.6. The summed E-state index contributed by atoms with van der Waals surface area (Å²) in [4.78, 5) is 0. The summed E-state index contributed by atoms with van der Waals surface area (Å²) < 4.78 is 23.2. The molecule has 2 unspecified atom stereocenters. The van der Waals surface area contributed by atoms with Gasteiger partial charge in [0.15, 0.2) is 0 Å². The zero-order chi connectivity index (χ0) is 20.0. The largest absolute Gasteiger partial charge is 0.490 e. The van der Waals surface area contributed by atoms with Gasteiger partial charge >= 0.3 is 0 Å². The van der Waals surface area contributed by atoms with Crippen molar-refractivity contribution < 1.29 is 29.2 Å². The molecule has 2 aromatic rings. The third-order valence-corrected chi connectivity index (χ3v) is 5.76. The third-order valence-electron chi connectivity index (χ3n) is 5.76. The first-order valence-corrected chi connectivity index (χ1v) is 10.2.